The number of carbonyl (C=O) groups is 4. The summed E-state index contributed by atoms with van der Waals surface area (Å²) in [6, 6.07) is 15.0. The largest absolute Gasteiger partial charge is 0.463 e. The van der Waals surface area contributed by atoms with Crippen molar-refractivity contribution in [2.24, 2.45) is 0 Å². The van der Waals surface area contributed by atoms with E-state index in [4.69, 9.17) is 42.6 Å². The van der Waals surface area contributed by atoms with Gasteiger partial charge < -0.3 is 78.4 Å². The van der Waals surface area contributed by atoms with E-state index in [9.17, 15) is 54.9 Å². The lowest BCUT2D eigenvalue weighted by atomic mass is 9.96. The first-order valence-corrected chi connectivity index (χ1v) is 17.4. The Balaban J connectivity index is 1.57. The van der Waals surface area contributed by atoms with Crippen LogP contribution in [0, 0.1) is 0 Å². The number of esters is 4. The molecule has 3 fully saturated rings. The number of rotatable bonds is 14. The van der Waals surface area contributed by atoms with Gasteiger partial charge in [0.1, 0.15) is 68.1 Å². The molecule has 3 saturated heterocycles. The molecule has 308 valence electrons. The Hall–Kier alpha value is -4.16. The first-order valence-electron chi connectivity index (χ1n) is 17.4. The van der Waals surface area contributed by atoms with E-state index in [0.717, 1.165) is 13.8 Å². The van der Waals surface area contributed by atoms with Crippen LogP contribution in [0.2, 0.25) is 0 Å². The average molecular weight is 797 g/mol. The van der Waals surface area contributed by atoms with E-state index < -0.39 is 136 Å². The third-order valence-electron chi connectivity index (χ3n) is 9.15. The fraction of sp³-hybridized carbons (Fsp3) is 0.556. The van der Waals surface area contributed by atoms with E-state index in [1.165, 1.54) is 48.5 Å². The summed E-state index contributed by atoms with van der Waals surface area (Å²) < 4.78 is 51.3. The molecule has 0 spiro atoms. The minimum Gasteiger partial charge on any atom is -0.463 e. The minimum atomic E-state index is -2.59. The molecule has 3 aliphatic rings. The van der Waals surface area contributed by atoms with Crippen LogP contribution in [-0.4, -0.2) is 172 Å². The lowest BCUT2D eigenvalue weighted by molar-refractivity contribution is -0.407. The van der Waals surface area contributed by atoms with Crippen LogP contribution < -0.4 is 0 Å². The Bertz CT molecular complexity index is 1630. The SMILES string of the molecule is CC(=O)OC[C@H]1O[C@@H](O[C@]2(COC(C)=O)O[C@H](CO)[C@@H](O)[C@@H]2OC(=O)c2ccccc2)[C@H](O[C@@H]2O[C@H](CO)[C@@H](O)[C@H](O)[C@H]2O)[C@@H](O)[C@@H]1OC(=O)c1ccccc1. The lowest BCUT2D eigenvalue weighted by Crippen LogP contribution is -2.67. The van der Waals surface area contributed by atoms with Gasteiger partial charge in [0.05, 0.1) is 24.3 Å². The van der Waals surface area contributed by atoms with Gasteiger partial charge in [-0.1, -0.05) is 36.4 Å². The molecule has 20 nitrogen and oxygen atoms in total. The van der Waals surface area contributed by atoms with Gasteiger partial charge in [-0.25, -0.2) is 9.59 Å². The zero-order valence-electron chi connectivity index (χ0n) is 30.0. The predicted octanol–water partition coefficient (Wildman–Crippen LogP) is -2.70. The number of carbonyl (C=O) groups excluding carboxylic acids is 4. The molecule has 0 radical (unpaired) electrons. The smallest absolute Gasteiger partial charge is 0.338 e. The Kier molecular flexibility index (Phi) is 14.5. The Morgan fingerprint density at radius 1 is 0.625 bits per heavy atom. The van der Waals surface area contributed by atoms with Crippen LogP contribution in [0.1, 0.15) is 34.6 Å². The molecule has 2 aromatic carbocycles. The van der Waals surface area contributed by atoms with Gasteiger partial charge >= 0.3 is 23.9 Å². The number of aliphatic hydroxyl groups is 7. The van der Waals surface area contributed by atoms with Crippen molar-refractivity contribution in [2.45, 2.75) is 99.4 Å². The van der Waals surface area contributed by atoms with Crippen LogP contribution in [0.15, 0.2) is 60.7 Å². The third kappa shape index (κ3) is 9.68. The van der Waals surface area contributed by atoms with E-state index in [1.54, 1.807) is 12.1 Å². The predicted molar refractivity (Wildman–Crippen MR) is 180 cm³/mol. The fourth-order valence-electron chi connectivity index (χ4n) is 6.27. The molecule has 20 heteroatoms. The van der Waals surface area contributed by atoms with E-state index in [2.05, 4.69) is 0 Å². The summed E-state index contributed by atoms with van der Waals surface area (Å²) in [5.41, 5.74) is 0.0359. The molecule has 56 heavy (non-hydrogen) atoms. The first kappa shape index (κ1) is 43.0. The second-order valence-electron chi connectivity index (χ2n) is 13.1. The normalized spacial score (nSPS) is 35.6. The van der Waals surface area contributed by atoms with E-state index >= 15 is 0 Å². The number of benzene rings is 2. The molecule has 0 unspecified atom stereocenters. The second kappa shape index (κ2) is 18.9. The Morgan fingerprint density at radius 3 is 1.73 bits per heavy atom. The molecule has 5 rings (SSSR count). The molecule has 3 aliphatic heterocycles. The monoisotopic (exact) mass is 796 g/mol. The highest BCUT2D eigenvalue weighted by atomic mass is 16.8. The Morgan fingerprint density at radius 2 is 1.18 bits per heavy atom. The van der Waals surface area contributed by atoms with Crippen LogP contribution >= 0.6 is 0 Å². The van der Waals surface area contributed by atoms with Crippen LogP contribution in [0.4, 0.5) is 0 Å². The van der Waals surface area contributed by atoms with Gasteiger partial charge in [-0.15, -0.1) is 0 Å². The lowest BCUT2D eigenvalue weighted by Gasteiger charge is -2.48. The molecule has 2 aromatic rings. The van der Waals surface area contributed by atoms with Gasteiger partial charge in [0.15, 0.2) is 24.8 Å². The van der Waals surface area contributed by atoms with E-state index in [1.807, 2.05) is 0 Å². The van der Waals surface area contributed by atoms with Crippen molar-refractivity contribution in [1.82, 2.24) is 0 Å². The zero-order valence-corrected chi connectivity index (χ0v) is 30.0. The summed E-state index contributed by atoms with van der Waals surface area (Å²) in [4.78, 5) is 50.7. The Labute approximate surface area is 318 Å². The van der Waals surface area contributed by atoms with Crippen LogP contribution in [0.5, 0.6) is 0 Å². The molecule has 0 amide bonds. The molecule has 0 bridgehead atoms. The van der Waals surface area contributed by atoms with Gasteiger partial charge in [0.25, 0.3) is 0 Å². The molecule has 14 atom stereocenters. The van der Waals surface area contributed by atoms with Crippen LogP contribution in [-0.2, 0) is 52.2 Å². The summed E-state index contributed by atoms with van der Waals surface area (Å²) >= 11 is 0. The molecule has 3 heterocycles. The molecule has 0 aromatic heterocycles. The quantitative estimate of drug-likeness (QED) is 0.0756. The average Bonchev–Trinajstić information content (AvgIpc) is 3.45. The molecule has 7 N–H and O–H groups in total. The van der Waals surface area contributed by atoms with Crippen molar-refractivity contribution >= 4 is 23.9 Å². The number of hydrogen-bond acceptors (Lipinski definition) is 20. The van der Waals surface area contributed by atoms with Crippen molar-refractivity contribution in [3.8, 4) is 0 Å². The van der Waals surface area contributed by atoms with Crippen molar-refractivity contribution in [3.05, 3.63) is 71.8 Å². The maximum atomic E-state index is 13.3. The van der Waals surface area contributed by atoms with Crippen LogP contribution in [0.3, 0.4) is 0 Å². The summed E-state index contributed by atoms with van der Waals surface area (Å²) in [5, 5.41) is 74.9. The summed E-state index contributed by atoms with van der Waals surface area (Å²) in [7, 11) is 0. The number of hydrogen-bond donors (Lipinski definition) is 7. The number of ether oxygens (including phenoxy) is 9. The highest BCUT2D eigenvalue weighted by molar-refractivity contribution is 5.90. The zero-order chi connectivity index (χ0) is 40.7. The summed E-state index contributed by atoms with van der Waals surface area (Å²) in [5.74, 6) is -6.33. The maximum absolute atomic E-state index is 13.3. The highest BCUT2D eigenvalue weighted by Gasteiger charge is 2.63. The van der Waals surface area contributed by atoms with Crippen LogP contribution in [0.25, 0.3) is 0 Å². The minimum absolute atomic E-state index is 0.00576. The summed E-state index contributed by atoms with van der Waals surface area (Å²) in [6.45, 7) is -1.35. The molecule has 0 aliphatic carbocycles. The molecular formula is C36H44O20. The van der Waals surface area contributed by atoms with E-state index in [-0.39, 0.29) is 11.1 Å². The van der Waals surface area contributed by atoms with Gasteiger partial charge in [-0.2, -0.15) is 0 Å². The maximum Gasteiger partial charge on any atom is 0.338 e. The van der Waals surface area contributed by atoms with Gasteiger partial charge in [-0.3, -0.25) is 9.59 Å². The number of aliphatic hydroxyl groups excluding tert-OH is 7. The van der Waals surface area contributed by atoms with Crippen molar-refractivity contribution < 1.29 is 97.6 Å². The highest BCUT2D eigenvalue weighted by Crippen LogP contribution is 2.40. The van der Waals surface area contributed by atoms with Gasteiger partial charge in [-0.05, 0) is 24.3 Å². The standard InChI is InChI=1S/C36H44O20/c1-17(39)48-15-23-29(52-32(46)19-9-5-3-6-10-19)28(45)30(53-34-27(44)26(43)24(41)21(13-37)50-34)35(51-23)56-36(16-49-18(2)40)31(25(42)22(14-38)55-36)54-33(47)20-11-7-4-8-12-20/h3-12,21-31,34-35,37-38,41-45H,13-16H2,1-2H3/t21-,22-,23-,24-,25-,26+,27-,28+,29-,30-,31+,34+,35+,36+/m1/s1. The molecule has 0 saturated carbocycles. The van der Waals surface area contributed by atoms with Gasteiger partial charge in [0.2, 0.25) is 5.79 Å². The third-order valence-corrected chi connectivity index (χ3v) is 9.15. The second-order valence-corrected chi connectivity index (χ2v) is 13.1. The molecular weight excluding hydrogens is 752 g/mol. The topological polar surface area (TPSA) is 293 Å². The van der Waals surface area contributed by atoms with Crippen molar-refractivity contribution in [2.75, 3.05) is 26.4 Å². The van der Waals surface area contributed by atoms with E-state index in [0.29, 0.717) is 0 Å². The van der Waals surface area contributed by atoms with Crippen molar-refractivity contribution in [3.63, 3.8) is 0 Å². The van der Waals surface area contributed by atoms with Crippen molar-refractivity contribution in [1.29, 1.82) is 0 Å². The fourth-order valence-corrected chi connectivity index (χ4v) is 6.27. The first-order chi connectivity index (χ1) is 26.7. The summed E-state index contributed by atoms with van der Waals surface area (Å²) in [6.07, 6.45) is -24.3. The van der Waals surface area contributed by atoms with Gasteiger partial charge in [0, 0.05) is 13.8 Å².